The minimum absolute atomic E-state index is 0.0303. The standard InChI is InChI=1S/C28H22N6O2/c35-26(24-6-1-2-11-29-24)13-18-4-3-5-20(12-18)27-33-25-17-36-16-23(25)28(34-27)32-22-9-7-19(8-10-22)21-14-30-31-15-21/h1-12,14-15H,13,16-17H2,(H,30,31)(H,32,33,34). The van der Waals surface area contributed by atoms with Gasteiger partial charge in [0.15, 0.2) is 11.6 Å². The molecular weight excluding hydrogens is 452 g/mol. The van der Waals surface area contributed by atoms with Crippen LogP contribution in [0.2, 0.25) is 0 Å². The zero-order chi connectivity index (χ0) is 24.3. The molecule has 0 unspecified atom stereocenters. The molecule has 1 aliphatic heterocycles. The van der Waals surface area contributed by atoms with Crippen LogP contribution in [-0.4, -0.2) is 30.9 Å². The lowest BCUT2D eigenvalue weighted by atomic mass is 10.0. The third kappa shape index (κ3) is 4.49. The normalized spacial score (nSPS) is 12.3. The summed E-state index contributed by atoms with van der Waals surface area (Å²) in [6, 6.07) is 21.2. The summed E-state index contributed by atoms with van der Waals surface area (Å²) >= 11 is 0. The molecule has 0 atom stereocenters. The quantitative estimate of drug-likeness (QED) is 0.315. The van der Waals surface area contributed by atoms with Crippen molar-refractivity contribution in [3.8, 4) is 22.5 Å². The number of fused-ring (bicyclic) bond motifs is 1. The number of anilines is 2. The number of benzene rings is 2. The fraction of sp³-hybridized carbons (Fsp3) is 0.107. The van der Waals surface area contributed by atoms with Gasteiger partial charge in [-0.15, -0.1) is 0 Å². The Kier molecular flexibility index (Phi) is 5.77. The maximum atomic E-state index is 12.6. The van der Waals surface area contributed by atoms with E-state index in [1.54, 1.807) is 24.5 Å². The molecule has 2 N–H and O–H groups in total. The highest BCUT2D eigenvalue weighted by Crippen LogP contribution is 2.31. The molecule has 6 rings (SSSR count). The Hall–Kier alpha value is -4.69. The largest absolute Gasteiger partial charge is 0.370 e. The fourth-order valence-corrected chi connectivity index (χ4v) is 4.20. The van der Waals surface area contributed by atoms with Crippen LogP contribution in [0.4, 0.5) is 11.5 Å². The second-order valence-corrected chi connectivity index (χ2v) is 8.52. The Morgan fingerprint density at radius 3 is 2.67 bits per heavy atom. The van der Waals surface area contributed by atoms with E-state index >= 15 is 0 Å². The number of hydrogen-bond acceptors (Lipinski definition) is 7. The molecule has 0 saturated heterocycles. The van der Waals surface area contributed by atoms with Gasteiger partial charge in [0.25, 0.3) is 0 Å². The fourth-order valence-electron chi connectivity index (χ4n) is 4.20. The number of nitrogens with one attached hydrogen (secondary N) is 2. The summed E-state index contributed by atoms with van der Waals surface area (Å²) in [6.07, 6.45) is 5.54. The number of hydrogen-bond donors (Lipinski definition) is 2. The summed E-state index contributed by atoms with van der Waals surface area (Å²) in [4.78, 5) is 26.4. The van der Waals surface area contributed by atoms with Gasteiger partial charge in [0.1, 0.15) is 11.5 Å². The summed E-state index contributed by atoms with van der Waals surface area (Å²) in [5.74, 6) is 1.28. The maximum absolute atomic E-state index is 12.6. The number of carbonyl (C=O) groups is 1. The average molecular weight is 475 g/mol. The number of pyridine rings is 1. The molecule has 4 heterocycles. The molecule has 1 aliphatic rings. The van der Waals surface area contributed by atoms with Gasteiger partial charge in [-0.05, 0) is 41.5 Å². The van der Waals surface area contributed by atoms with Crippen LogP contribution in [0, 0.1) is 0 Å². The molecule has 0 spiro atoms. The number of carbonyl (C=O) groups excluding carboxylic acids is 1. The topological polar surface area (TPSA) is 106 Å². The van der Waals surface area contributed by atoms with Gasteiger partial charge in [-0.3, -0.25) is 14.9 Å². The van der Waals surface area contributed by atoms with E-state index in [2.05, 4.69) is 20.5 Å². The smallest absolute Gasteiger partial charge is 0.185 e. The van der Waals surface area contributed by atoms with Crippen molar-refractivity contribution in [3.05, 3.63) is 108 Å². The van der Waals surface area contributed by atoms with E-state index in [0.717, 1.165) is 45.0 Å². The number of nitrogens with zero attached hydrogens (tertiary/aromatic N) is 4. The van der Waals surface area contributed by atoms with Crippen molar-refractivity contribution >= 4 is 17.3 Å². The molecule has 0 fully saturated rings. The van der Waals surface area contributed by atoms with Gasteiger partial charge in [-0.1, -0.05) is 36.4 Å². The van der Waals surface area contributed by atoms with Crippen molar-refractivity contribution < 1.29 is 9.53 Å². The molecule has 0 amide bonds. The Balaban J connectivity index is 1.28. The number of aromatic nitrogens is 5. The molecule has 176 valence electrons. The number of rotatable bonds is 7. The summed E-state index contributed by atoms with van der Waals surface area (Å²) in [6.45, 7) is 0.903. The third-order valence-electron chi connectivity index (χ3n) is 6.06. The van der Waals surface area contributed by atoms with Gasteiger partial charge in [0, 0.05) is 41.2 Å². The summed E-state index contributed by atoms with van der Waals surface area (Å²) in [5.41, 5.74) is 7.02. The van der Waals surface area contributed by atoms with Crippen LogP contribution in [-0.2, 0) is 24.4 Å². The molecule has 0 saturated carbocycles. The maximum Gasteiger partial charge on any atom is 0.185 e. The summed E-state index contributed by atoms with van der Waals surface area (Å²) in [7, 11) is 0. The Morgan fingerprint density at radius 2 is 1.86 bits per heavy atom. The van der Waals surface area contributed by atoms with E-state index in [-0.39, 0.29) is 12.2 Å². The number of H-pyrrole nitrogens is 1. The molecule has 8 heteroatoms. The van der Waals surface area contributed by atoms with Crippen LogP contribution in [0.25, 0.3) is 22.5 Å². The SMILES string of the molecule is O=C(Cc1cccc(-c2nc3c(c(Nc4ccc(-c5cn[nH]c5)cc4)n2)COC3)c1)c1ccccn1. The van der Waals surface area contributed by atoms with Gasteiger partial charge in [0.05, 0.1) is 25.1 Å². The molecule has 3 aromatic heterocycles. The average Bonchev–Trinajstić information content (AvgIpc) is 3.63. The monoisotopic (exact) mass is 474 g/mol. The van der Waals surface area contributed by atoms with Gasteiger partial charge < -0.3 is 10.1 Å². The molecule has 2 aromatic carbocycles. The highest BCUT2D eigenvalue weighted by molar-refractivity contribution is 5.95. The lowest BCUT2D eigenvalue weighted by molar-refractivity contribution is 0.0988. The number of aromatic amines is 1. The van der Waals surface area contributed by atoms with Crippen LogP contribution >= 0.6 is 0 Å². The van der Waals surface area contributed by atoms with E-state index in [9.17, 15) is 4.79 Å². The first-order chi connectivity index (χ1) is 17.7. The second kappa shape index (κ2) is 9.52. The molecule has 8 nitrogen and oxygen atoms in total. The predicted molar refractivity (Wildman–Crippen MR) is 136 cm³/mol. The Bertz CT molecular complexity index is 1520. The zero-order valence-electron chi connectivity index (χ0n) is 19.3. The van der Waals surface area contributed by atoms with Crippen LogP contribution < -0.4 is 5.32 Å². The van der Waals surface area contributed by atoms with E-state index in [0.29, 0.717) is 24.7 Å². The Morgan fingerprint density at radius 1 is 0.944 bits per heavy atom. The van der Waals surface area contributed by atoms with Crippen LogP contribution in [0.3, 0.4) is 0 Å². The van der Waals surface area contributed by atoms with Crippen molar-refractivity contribution in [2.24, 2.45) is 0 Å². The summed E-state index contributed by atoms with van der Waals surface area (Å²) < 4.78 is 5.67. The Labute approximate surface area is 207 Å². The minimum atomic E-state index is -0.0303. The van der Waals surface area contributed by atoms with Gasteiger partial charge in [0.2, 0.25) is 0 Å². The van der Waals surface area contributed by atoms with Crippen LogP contribution in [0.15, 0.2) is 85.3 Å². The lowest BCUT2D eigenvalue weighted by Crippen LogP contribution is -2.06. The van der Waals surface area contributed by atoms with Crippen molar-refractivity contribution in [1.29, 1.82) is 0 Å². The first kappa shape index (κ1) is 21.8. The number of ketones is 1. The molecule has 0 radical (unpaired) electrons. The first-order valence-electron chi connectivity index (χ1n) is 11.6. The molecule has 0 aliphatic carbocycles. The highest BCUT2D eigenvalue weighted by Gasteiger charge is 2.21. The highest BCUT2D eigenvalue weighted by atomic mass is 16.5. The minimum Gasteiger partial charge on any atom is -0.370 e. The van der Waals surface area contributed by atoms with Gasteiger partial charge in [-0.25, -0.2) is 9.97 Å². The van der Waals surface area contributed by atoms with E-state index in [1.807, 2.05) is 60.8 Å². The zero-order valence-corrected chi connectivity index (χ0v) is 19.3. The molecule has 36 heavy (non-hydrogen) atoms. The van der Waals surface area contributed by atoms with Crippen molar-refractivity contribution in [2.75, 3.05) is 5.32 Å². The summed E-state index contributed by atoms with van der Waals surface area (Å²) in [5, 5.41) is 10.3. The second-order valence-electron chi connectivity index (χ2n) is 8.52. The van der Waals surface area contributed by atoms with Crippen molar-refractivity contribution in [2.45, 2.75) is 19.6 Å². The van der Waals surface area contributed by atoms with Crippen molar-refractivity contribution in [1.82, 2.24) is 25.1 Å². The number of ether oxygens (including phenoxy) is 1. The van der Waals surface area contributed by atoms with Crippen LogP contribution in [0.5, 0.6) is 0 Å². The number of Topliss-reactive ketones (excluding diaryl/α,β-unsaturated/α-hetero) is 1. The van der Waals surface area contributed by atoms with Gasteiger partial charge in [-0.2, -0.15) is 5.10 Å². The molecule has 0 bridgehead atoms. The molecular formula is C28H22N6O2. The van der Waals surface area contributed by atoms with Crippen molar-refractivity contribution in [3.63, 3.8) is 0 Å². The molecule has 5 aromatic rings. The van der Waals surface area contributed by atoms with Crippen LogP contribution in [0.1, 0.15) is 27.3 Å². The van der Waals surface area contributed by atoms with E-state index in [1.165, 1.54) is 0 Å². The predicted octanol–water partition coefficient (Wildman–Crippen LogP) is 5.13. The third-order valence-corrected chi connectivity index (χ3v) is 6.06. The van der Waals surface area contributed by atoms with E-state index < -0.39 is 0 Å². The van der Waals surface area contributed by atoms with Gasteiger partial charge >= 0.3 is 0 Å². The lowest BCUT2D eigenvalue weighted by Gasteiger charge is -2.12. The first-order valence-corrected chi connectivity index (χ1v) is 11.6. The van der Waals surface area contributed by atoms with E-state index in [4.69, 9.17) is 14.7 Å².